The maximum absolute atomic E-state index is 12.0. The zero-order chi connectivity index (χ0) is 12.8. The second kappa shape index (κ2) is 6.43. The predicted molar refractivity (Wildman–Crippen MR) is 74.9 cm³/mol. The van der Waals surface area contributed by atoms with E-state index >= 15 is 0 Å². The molecule has 0 spiro atoms. The van der Waals surface area contributed by atoms with E-state index in [4.69, 9.17) is 0 Å². The Hall–Kier alpha value is -1.51. The first-order valence-electron chi connectivity index (χ1n) is 6.92. The Balaban J connectivity index is 1.82. The first kappa shape index (κ1) is 12.9. The molecule has 0 unspecified atom stereocenters. The second-order valence-corrected chi connectivity index (χ2v) is 4.92. The minimum absolute atomic E-state index is 0.0300. The normalized spacial score (nSPS) is 14.3. The number of benzene rings is 1. The van der Waals surface area contributed by atoms with Crippen LogP contribution in [0, 0.1) is 5.92 Å². The summed E-state index contributed by atoms with van der Waals surface area (Å²) in [5, 5.41) is 6.22. The van der Waals surface area contributed by atoms with Gasteiger partial charge in [0.25, 0.3) is 5.91 Å². The van der Waals surface area contributed by atoms with E-state index in [9.17, 15) is 4.79 Å². The van der Waals surface area contributed by atoms with E-state index in [1.807, 2.05) is 31.2 Å². The molecule has 1 saturated carbocycles. The molecule has 98 valence electrons. The van der Waals surface area contributed by atoms with Crippen molar-refractivity contribution >= 4 is 11.6 Å². The molecule has 0 atom stereocenters. The molecule has 18 heavy (non-hydrogen) atoms. The number of hydrogen-bond acceptors (Lipinski definition) is 2. The standard InChI is InChI=1S/C15H22N2O/c1-2-16-14-8-4-3-7-13(14)15(18)17-11-5-6-12-9-10-12/h3-4,7-8,12,16H,2,5-6,9-11H2,1H3,(H,17,18). The van der Waals surface area contributed by atoms with Gasteiger partial charge in [-0.15, -0.1) is 0 Å². The molecule has 3 nitrogen and oxygen atoms in total. The van der Waals surface area contributed by atoms with Gasteiger partial charge in [0, 0.05) is 18.8 Å². The molecule has 1 aromatic carbocycles. The smallest absolute Gasteiger partial charge is 0.253 e. The predicted octanol–water partition coefficient (Wildman–Crippen LogP) is 3.04. The molecular weight excluding hydrogens is 224 g/mol. The zero-order valence-corrected chi connectivity index (χ0v) is 11.0. The van der Waals surface area contributed by atoms with Crippen molar-refractivity contribution in [2.24, 2.45) is 5.92 Å². The minimum Gasteiger partial charge on any atom is -0.385 e. The van der Waals surface area contributed by atoms with Crippen molar-refractivity contribution in [1.29, 1.82) is 0 Å². The molecule has 0 aliphatic heterocycles. The summed E-state index contributed by atoms with van der Waals surface area (Å²) in [4.78, 5) is 12.0. The van der Waals surface area contributed by atoms with Gasteiger partial charge in [-0.2, -0.15) is 0 Å². The van der Waals surface area contributed by atoms with Crippen LogP contribution in [0.25, 0.3) is 0 Å². The molecular formula is C15H22N2O. The van der Waals surface area contributed by atoms with Crippen molar-refractivity contribution in [3.8, 4) is 0 Å². The number of carbonyl (C=O) groups is 1. The van der Waals surface area contributed by atoms with Crippen LogP contribution in [0.2, 0.25) is 0 Å². The van der Waals surface area contributed by atoms with Crippen molar-refractivity contribution < 1.29 is 4.79 Å². The van der Waals surface area contributed by atoms with Gasteiger partial charge in [-0.25, -0.2) is 0 Å². The molecule has 1 aliphatic rings. The number of para-hydroxylation sites is 1. The van der Waals surface area contributed by atoms with Gasteiger partial charge < -0.3 is 10.6 Å². The molecule has 0 saturated heterocycles. The van der Waals surface area contributed by atoms with Gasteiger partial charge in [-0.1, -0.05) is 25.0 Å². The molecule has 1 aromatic rings. The van der Waals surface area contributed by atoms with Gasteiger partial charge in [-0.3, -0.25) is 4.79 Å². The third kappa shape index (κ3) is 3.76. The Kier molecular flexibility index (Phi) is 4.62. The lowest BCUT2D eigenvalue weighted by Gasteiger charge is -2.10. The first-order chi connectivity index (χ1) is 8.81. The number of anilines is 1. The second-order valence-electron chi connectivity index (χ2n) is 4.92. The Morgan fingerprint density at radius 3 is 2.83 bits per heavy atom. The van der Waals surface area contributed by atoms with E-state index in [1.54, 1.807) is 0 Å². The monoisotopic (exact) mass is 246 g/mol. The van der Waals surface area contributed by atoms with Gasteiger partial charge in [0.2, 0.25) is 0 Å². The van der Waals surface area contributed by atoms with Gasteiger partial charge in [0.05, 0.1) is 5.56 Å². The van der Waals surface area contributed by atoms with Crippen LogP contribution in [0.3, 0.4) is 0 Å². The summed E-state index contributed by atoms with van der Waals surface area (Å²) in [5.74, 6) is 0.971. The van der Waals surface area contributed by atoms with Crippen LogP contribution in [0.15, 0.2) is 24.3 Å². The van der Waals surface area contributed by atoms with Crippen LogP contribution in [0.5, 0.6) is 0 Å². The van der Waals surface area contributed by atoms with Gasteiger partial charge in [0.1, 0.15) is 0 Å². The van der Waals surface area contributed by atoms with E-state index in [-0.39, 0.29) is 5.91 Å². The molecule has 0 bridgehead atoms. The summed E-state index contributed by atoms with van der Waals surface area (Å²) < 4.78 is 0. The van der Waals surface area contributed by atoms with Gasteiger partial charge in [-0.05, 0) is 37.8 Å². The van der Waals surface area contributed by atoms with Crippen LogP contribution < -0.4 is 10.6 Å². The maximum atomic E-state index is 12.0. The number of rotatable bonds is 7. The molecule has 3 heteroatoms. The summed E-state index contributed by atoms with van der Waals surface area (Å²) in [6, 6.07) is 7.67. The van der Waals surface area contributed by atoms with Crippen LogP contribution >= 0.6 is 0 Å². The van der Waals surface area contributed by atoms with Crippen LogP contribution in [-0.2, 0) is 0 Å². The Morgan fingerprint density at radius 1 is 1.33 bits per heavy atom. The highest BCUT2D eigenvalue weighted by Gasteiger charge is 2.20. The van der Waals surface area contributed by atoms with Crippen molar-refractivity contribution in [1.82, 2.24) is 5.32 Å². The highest BCUT2D eigenvalue weighted by atomic mass is 16.1. The summed E-state index contributed by atoms with van der Waals surface area (Å²) in [6.07, 6.45) is 5.13. The third-order valence-electron chi connectivity index (χ3n) is 3.31. The third-order valence-corrected chi connectivity index (χ3v) is 3.31. The lowest BCUT2D eigenvalue weighted by Crippen LogP contribution is -2.25. The molecule has 0 aromatic heterocycles. The fourth-order valence-corrected chi connectivity index (χ4v) is 2.12. The van der Waals surface area contributed by atoms with Crippen LogP contribution in [0.4, 0.5) is 5.69 Å². The average molecular weight is 246 g/mol. The summed E-state index contributed by atoms with van der Waals surface area (Å²) in [7, 11) is 0. The summed E-state index contributed by atoms with van der Waals surface area (Å²) in [5.41, 5.74) is 1.66. The topological polar surface area (TPSA) is 41.1 Å². The van der Waals surface area contributed by atoms with Gasteiger partial charge >= 0.3 is 0 Å². The largest absolute Gasteiger partial charge is 0.385 e. The lowest BCUT2D eigenvalue weighted by molar-refractivity contribution is 0.0953. The number of amides is 1. The first-order valence-corrected chi connectivity index (χ1v) is 6.92. The minimum atomic E-state index is 0.0300. The SMILES string of the molecule is CCNc1ccccc1C(=O)NCCCC1CC1. The highest BCUT2D eigenvalue weighted by Crippen LogP contribution is 2.33. The van der Waals surface area contributed by atoms with Crippen molar-refractivity contribution in [2.45, 2.75) is 32.6 Å². The molecule has 1 aliphatic carbocycles. The maximum Gasteiger partial charge on any atom is 0.253 e. The molecule has 1 fully saturated rings. The number of nitrogens with one attached hydrogen (secondary N) is 2. The van der Waals surface area contributed by atoms with E-state index in [1.165, 1.54) is 19.3 Å². The van der Waals surface area contributed by atoms with Gasteiger partial charge in [0.15, 0.2) is 0 Å². The summed E-state index contributed by atoms with van der Waals surface area (Å²) in [6.45, 7) is 3.64. The van der Waals surface area contributed by atoms with E-state index in [0.29, 0.717) is 0 Å². The van der Waals surface area contributed by atoms with Crippen molar-refractivity contribution in [3.05, 3.63) is 29.8 Å². The summed E-state index contributed by atoms with van der Waals surface area (Å²) >= 11 is 0. The number of carbonyl (C=O) groups excluding carboxylic acids is 1. The fourth-order valence-electron chi connectivity index (χ4n) is 2.12. The van der Waals surface area contributed by atoms with Crippen molar-refractivity contribution in [3.63, 3.8) is 0 Å². The zero-order valence-electron chi connectivity index (χ0n) is 11.0. The van der Waals surface area contributed by atoms with E-state index in [2.05, 4.69) is 10.6 Å². The molecule has 0 radical (unpaired) electrons. The Labute approximate surface area is 109 Å². The molecule has 2 rings (SSSR count). The van der Waals surface area contributed by atoms with E-state index < -0.39 is 0 Å². The number of hydrogen-bond donors (Lipinski definition) is 2. The molecule has 1 amide bonds. The van der Waals surface area contributed by atoms with Crippen LogP contribution in [-0.4, -0.2) is 19.0 Å². The Bertz CT molecular complexity index is 399. The highest BCUT2D eigenvalue weighted by molar-refractivity contribution is 5.99. The molecule has 0 heterocycles. The lowest BCUT2D eigenvalue weighted by atomic mass is 10.1. The average Bonchev–Trinajstić information content (AvgIpc) is 3.19. The molecule has 2 N–H and O–H groups in total. The van der Waals surface area contributed by atoms with Crippen molar-refractivity contribution in [2.75, 3.05) is 18.4 Å². The van der Waals surface area contributed by atoms with E-state index in [0.717, 1.165) is 36.7 Å². The quantitative estimate of drug-likeness (QED) is 0.726. The fraction of sp³-hybridized carbons (Fsp3) is 0.533. The Morgan fingerprint density at radius 2 is 2.11 bits per heavy atom. The van der Waals surface area contributed by atoms with Crippen LogP contribution in [0.1, 0.15) is 43.0 Å².